The average molecular weight is 439 g/mol. The van der Waals surface area contributed by atoms with Crippen LogP contribution in [0.15, 0.2) is 91.0 Å². The molecule has 170 valence electrons. The highest BCUT2D eigenvalue weighted by atomic mass is 16.1. The van der Waals surface area contributed by atoms with Crippen molar-refractivity contribution >= 4 is 5.91 Å². The number of hydrogen-bond acceptors (Lipinski definition) is 2. The standard InChI is InChI=1S/C30H34N2O/c33-29(31-30(25-12-6-2-7-13-25)26-14-8-3-9-15-26)20-23-16-18-32(19-17-23)22-27-21-28(27)24-10-4-1-5-11-24/h1-15,23,27-28,30H,16-22H2,(H,31,33)/t27-,28-/m0/s1. The Balaban J connectivity index is 1.11. The molecule has 1 saturated heterocycles. The molecular formula is C30H34N2O. The van der Waals surface area contributed by atoms with Gasteiger partial charge >= 0.3 is 0 Å². The van der Waals surface area contributed by atoms with Crippen LogP contribution in [0.4, 0.5) is 0 Å². The summed E-state index contributed by atoms with van der Waals surface area (Å²) in [5, 5.41) is 3.32. The SMILES string of the molecule is O=C(CC1CCN(C[C@@H]2C[C@H]2c2ccccc2)CC1)NC(c1ccccc1)c1ccccc1. The molecule has 3 heteroatoms. The zero-order chi connectivity index (χ0) is 22.5. The van der Waals surface area contributed by atoms with E-state index >= 15 is 0 Å². The first-order chi connectivity index (χ1) is 16.3. The molecule has 0 radical (unpaired) electrons. The molecule has 3 aromatic rings. The van der Waals surface area contributed by atoms with E-state index in [-0.39, 0.29) is 11.9 Å². The maximum atomic E-state index is 13.0. The van der Waals surface area contributed by atoms with Gasteiger partial charge in [0, 0.05) is 13.0 Å². The van der Waals surface area contributed by atoms with Gasteiger partial charge in [0.05, 0.1) is 6.04 Å². The summed E-state index contributed by atoms with van der Waals surface area (Å²) in [6, 6.07) is 31.4. The van der Waals surface area contributed by atoms with Crippen molar-refractivity contribution in [3.63, 3.8) is 0 Å². The quantitative estimate of drug-likeness (QED) is 0.482. The van der Waals surface area contributed by atoms with Gasteiger partial charge in [0.15, 0.2) is 0 Å². The molecular weight excluding hydrogens is 404 g/mol. The highest BCUT2D eigenvalue weighted by molar-refractivity contribution is 5.77. The third kappa shape index (κ3) is 5.72. The molecule has 5 rings (SSSR count). The zero-order valence-electron chi connectivity index (χ0n) is 19.3. The molecule has 1 N–H and O–H groups in total. The summed E-state index contributed by atoms with van der Waals surface area (Å²) in [7, 11) is 0. The molecule has 1 saturated carbocycles. The normalized spacial score (nSPS) is 21.1. The fourth-order valence-corrected chi connectivity index (χ4v) is 5.39. The van der Waals surface area contributed by atoms with Crippen LogP contribution in [0.25, 0.3) is 0 Å². The fourth-order valence-electron chi connectivity index (χ4n) is 5.39. The summed E-state index contributed by atoms with van der Waals surface area (Å²) < 4.78 is 0. The van der Waals surface area contributed by atoms with Crippen molar-refractivity contribution in [3.8, 4) is 0 Å². The predicted molar refractivity (Wildman–Crippen MR) is 134 cm³/mol. The number of amides is 1. The minimum absolute atomic E-state index is 0.0928. The molecule has 3 nitrogen and oxygen atoms in total. The highest BCUT2D eigenvalue weighted by Crippen LogP contribution is 2.48. The third-order valence-corrected chi connectivity index (χ3v) is 7.40. The smallest absolute Gasteiger partial charge is 0.221 e. The van der Waals surface area contributed by atoms with Crippen LogP contribution in [0, 0.1) is 11.8 Å². The number of nitrogens with zero attached hydrogens (tertiary/aromatic N) is 1. The number of piperidine rings is 1. The minimum atomic E-state index is -0.0928. The molecule has 1 aliphatic heterocycles. The number of rotatable bonds is 8. The summed E-state index contributed by atoms with van der Waals surface area (Å²) >= 11 is 0. The van der Waals surface area contributed by atoms with E-state index in [0.717, 1.165) is 48.9 Å². The maximum Gasteiger partial charge on any atom is 0.221 e. The van der Waals surface area contributed by atoms with E-state index in [0.29, 0.717) is 12.3 Å². The van der Waals surface area contributed by atoms with E-state index in [1.807, 2.05) is 36.4 Å². The average Bonchev–Trinajstić information content (AvgIpc) is 3.64. The zero-order valence-corrected chi connectivity index (χ0v) is 19.3. The van der Waals surface area contributed by atoms with Crippen molar-refractivity contribution in [2.24, 2.45) is 11.8 Å². The summed E-state index contributed by atoms with van der Waals surface area (Å²) in [6.45, 7) is 3.45. The molecule has 0 bridgehead atoms. The first-order valence-corrected chi connectivity index (χ1v) is 12.4. The topological polar surface area (TPSA) is 32.3 Å². The van der Waals surface area contributed by atoms with E-state index in [9.17, 15) is 4.79 Å². The Morgan fingerprint density at radius 2 is 1.36 bits per heavy atom. The van der Waals surface area contributed by atoms with Crippen molar-refractivity contribution in [2.75, 3.05) is 19.6 Å². The van der Waals surface area contributed by atoms with Gasteiger partial charge in [-0.3, -0.25) is 4.79 Å². The Morgan fingerprint density at radius 1 is 0.818 bits per heavy atom. The second-order valence-corrected chi connectivity index (χ2v) is 9.78. The molecule has 2 aliphatic rings. The van der Waals surface area contributed by atoms with Gasteiger partial charge in [0.2, 0.25) is 5.91 Å². The Morgan fingerprint density at radius 3 is 1.94 bits per heavy atom. The van der Waals surface area contributed by atoms with Crippen LogP contribution >= 0.6 is 0 Å². The lowest BCUT2D eigenvalue weighted by molar-refractivity contribution is -0.122. The fraction of sp³-hybridized carbons (Fsp3) is 0.367. The van der Waals surface area contributed by atoms with Crippen LogP contribution in [-0.4, -0.2) is 30.4 Å². The van der Waals surface area contributed by atoms with E-state index in [1.54, 1.807) is 0 Å². The van der Waals surface area contributed by atoms with Gasteiger partial charge < -0.3 is 10.2 Å². The van der Waals surface area contributed by atoms with E-state index in [1.165, 1.54) is 18.5 Å². The van der Waals surface area contributed by atoms with E-state index < -0.39 is 0 Å². The van der Waals surface area contributed by atoms with Crippen LogP contribution in [-0.2, 0) is 4.79 Å². The Kier molecular flexibility index (Phi) is 6.87. The molecule has 1 heterocycles. The van der Waals surface area contributed by atoms with Gasteiger partial charge in [0.25, 0.3) is 0 Å². The van der Waals surface area contributed by atoms with E-state index in [4.69, 9.17) is 0 Å². The first-order valence-electron chi connectivity index (χ1n) is 12.4. The van der Waals surface area contributed by atoms with E-state index in [2.05, 4.69) is 64.8 Å². The lowest BCUT2D eigenvalue weighted by Gasteiger charge is -2.32. The molecule has 0 spiro atoms. The lowest BCUT2D eigenvalue weighted by Crippen LogP contribution is -2.37. The van der Waals surface area contributed by atoms with Crippen LogP contribution in [0.1, 0.15) is 54.3 Å². The third-order valence-electron chi connectivity index (χ3n) is 7.40. The molecule has 2 fully saturated rings. The first kappa shape index (κ1) is 21.9. The monoisotopic (exact) mass is 438 g/mol. The van der Waals surface area contributed by atoms with Gasteiger partial charge in [-0.25, -0.2) is 0 Å². The molecule has 1 amide bonds. The van der Waals surface area contributed by atoms with Gasteiger partial charge in [-0.05, 0) is 66.8 Å². The largest absolute Gasteiger partial charge is 0.345 e. The van der Waals surface area contributed by atoms with Crippen molar-refractivity contribution in [2.45, 2.75) is 37.6 Å². The Bertz CT molecular complexity index is 973. The number of nitrogens with one attached hydrogen (secondary N) is 1. The van der Waals surface area contributed by atoms with Crippen LogP contribution in [0.2, 0.25) is 0 Å². The summed E-state index contributed by atoms with van der Waals surface area (Å²) in [5.74, 6) is 2.21. The minimum Gasteiger partial charge on any atom is -0.345 e. The van der Waals surface area contributed by atoms with Crippen molar-refractivity contribution < 1.29 is 4.79 Å². The number of likely N-dealkylation sites (tertiary alicyclic amines) is 1. The van der Waals surface area contributed by atoms with Crippen LogP contribution in [0.5, 0.6) is 0 Å². The maximum absolute atomic E-state index is 13.0. The molecule has 33 heavy (non-hydrogen) atoms. The molecule has 0 aromatic heterocycles. The van der Waals surface area contributed by atoms with Gasteiger partial charge in [-0.1, -0.05) is 91.0 Å². The highest BCUT2D eigenvalue weighted by Gasteiger charge is 2.39. The molecule has 0 unspecified atom stereocenters. The van der Waals surface area contributed by atoms with Gasteiger partial charge in [-0.2, -0.15) is 0 Å². The molecule has 2 atom stereocenters. The second kappa shape index (κ2) is 10.4. The number of carbonyl (C=O) groups is 1. The summed E-state index contributed by atoms with van der Waals surface area (Å²) in [5.41, 5.74) is 3.76. The number of hydrogen-bond donors (Lipinski definition) is 1. The van der Waals surface area contributed by atoms with Crippen molar-refractivity contribution in [1.29, 1.82) is 0 Å². The second-order valence-electron chi connectivity index (χ2n) is 9.78. The Hall–Kier alpha value is -2.91. The van der Waals surface area contributed by atoms with Gasteiger partial charge in [-0.15, -0.1) is 0 Å². The lowest BCUT2D eigenvalue weighted by atomic mass is 9.92. The van der Waals surface area contributed by atoms with Gasteiger partial charge in [0.1, 0.15) is 0 Å². The summed E-state index contributed by atoms with van der Waals surface area (Å²) in [6.07, 6.45) is 4.20. The number of carbonyl (C=O) groups excluding carboxylic acids is 1. The van der Waals surface area contributed by atoms with Crippen LogP contribution < -0.4 is 5.32 Å². The van der Waals surface area contributed by atoms with Crippen LogP contribution in [0.3, 0.4) is 0 Å². The van der Waals surface area contributed by atoms with Crippen molar-refractivity contribution in [3.05, 3.63) is 108 Å². The number of benzene rings is 3. The molecule has 1 aliphatic carbocycles. The molecule has 3 aromatic carbocycles. The predicted octanol–water partition coefficient (Wildman–Crippen LogP) is 5.80. The van der Waals surface area contributed by atoms with Crippen molar-refractivity contribution in [1.82, 2.24) is 10.2 Å². The Labute approximate surface area is 197 Å². The summed E-state index contributed by atoms with van der Waals surface area (Å²) in [4.78, 5) is 15.6.